The molecule has 1 N–H and O–H groups in total. The molecular formula is C12H16ClNO3S. The molecule has 100 valence electrons. The molecule has 0 aromatic carbocycles. The van der Waals surface area contributed by atoms with Crippen LogP contribution in [0.15, 0.2) is 12.1 Å². The van der Waals surface area contributed by atoms with Crippen LogP contribution in [-0.4, -0.2) is 18.0 Å². The van der Waals surface area contributed by atoms with Crippen LogP contribution in [0.1, 0.15) is 38.1 Å². The van der Waals surface area contributed by atoms with Gasteiger partial charge in [-0.25, -0.2) is 4.79 Å². The highest BCUT2D eigenvalue weighted by molar-refractivity contribution is 7.16. The van der Waals surface area contributed by atoms with Gasteiger partial charge in [0.25, 0.3) is 0 Å². The number of carbonyl (C=O) groups is 2. The molecule has 0 spiro atoms. The van der Waals surface area contributed by atoms with Gasteiger partial charge in [-0.15, -0.1) is 11.3 Å². The molecule has 1 aromatic rings. The van der Waals surface area contributed by atoms with Crippen LogP contribution in [0, 0.1) is 0 Å². The number of nitrogens with one attached hydrogen (secondary N) is 1. The van der Waals surface area contributed by atoms with E-state index in [9.17, 15) is 9.59 Å². The Bertz CT molecular complexity index is 425. The summed E-state index contributed by atoms with van der Waals surface area (Å²) in [7, 11) is 0. The first-order valence-electron chi connectivity index (χ1n) is 5.50. The topological polar surface area (TPSA) is 55.4 Å². The van der Waals surface area contributed by atoms with E-state index < -0.39 is 17.7 Å². The maximum Gasteiger partial charge on any atom is 0.408 e. The second-order valence-electron chi connectivity index (χ2n) is 4.74. The Morgan fingerprint density at radius 3 is 2.67 bits per heavy atom. The highest BCUT2D eigenvalue weighted by Crippen LogP contribution is 2.28. The first kappa shape index (κ1) is 15.0. The Labute approximate surface area is 115 Å². The fourth-order valence-electron chi connectivity index (χ4n) is 1.31. The zero-order valence-corrected chi connectivity index (χ0v) is 12.1. The lowest BCUT2D eigenvalue weighted by Gasteiger charge is -2.22. The molecule has 18 heavy (non-hydrogen) atoms. The van der Waals surface area contributed by atoms with Gasteiger partial charge < -0.3 is 14.8 Å². The number of ether oxygens (including phenoxy) is 1. The van der Waals surface area contributed by atoms with Crippen LogP contribution in [0.4, 0.5) is 4.79 Å². The Hall–Kier alpha value is -1.07. The summed E-state index contributed by atoms with van der Waals surface area (Å²) in [6, 6.07) is 3.13. The molecule has 0 aliphatic rings. The molecule has 0 fully saturated rings. The third kappa shape index (κ3) is 5.06. The molecule has 0 unspecified atom stereocenters. The van der Waals surface area contributed by atoms with E-state index in [4.69, 9.17) is 16.3 Å². The average Bonchev–Trinajstić information content (AvgIpc) is 2.61. The van der Waals surface area contributed by atoms with Gasteiger partial charge in [0, 0.05) is 11.3 Å². The van der Waals surface area contributed by atoms with Crippen molar-refractivity contribution in [3.8, 4) is 0 Å². The zero-order valence-electron chi connectivity index (χ0n) is 10.5. The normalized spacial score (nSPS) is 12.9. The minimum Gasteiger partial charge on any atom is -0.444 e. The molecule has 0 aliphatic heterocycles. The fraction of sp³-hybridized carbons (Fsp3) is 0.500. The summed E-state index contributed by atoms with van der Waals surface area (Å²) >= 11 is 7.17. The Morgan fingerprint density at radius 2 is 2.22 bits per heavy atom. The van der Waals surface area contributed by atoms with Gasteiger partial charge in [-0.2, -0.15) is 0 Å². The molecular weight excluding hydrogens is 274 g/mol. The van der Waals surface area contributed by atoms with Gasteiger partial charge in [0.1, 0.15) is 11.9 Å². The monoisotopic (exact) mass is 289 g/mol. The summed E-state index contributed by atoms with van der Waals surface area (Å²) in [6.07, 6.45) is 0.407. The molecule has 1 amide bonds. The van der Waals surface area contributed by atoms with Crippen LogP contribution in [-0.2, 0) is 9.53 Å². The summed E-state index contributed by atoms with van der Waals surface area (Å²) in [5, 5.41) is 2.66. The minimum atomic E-state index is -0.567. The molecule has 1 atom stereocenters. The van der Waals surface area contributed by atoms with Crippen molar-refractivity contribution in [1.82, 2.24) is 5.32 Å². The van der Waals surface area contributed by atoms with Crippen LogP contribution in [0.25, 0.3) is 0 Å². The Kier molecular flexibility index (Phi) is 5.16. The van der Waals surface area contributed by atoms with Crippen molar-refractivity contribution in [3.05, 3.63) is 21.3 Å². The number of hydrogen-bond donors (Lipinski definition) is 1. The quantitative estimate of drug-likeness (QED) is 0.862. The van der Waals surface area contributed by atoms with Crippen molar-refractivity contribution < 1.29 is 14.3 Å². The molecule has 0 saturated carbocycles. The molecule has 4 nitrogen and oxygen atoms in total. The summed E-state index contributed by atoms with van der Waals surface area (Å²) in [4.78, 5) is 23.1. The van der Waals surface area contributed by atoms with Crippen LogP contribution in [0.2, 0.25) is 4.34 Å². The van der Waals surface area contributed by atoms with Gasteiger partial charge >= 0.3 is 6.09 Å². The molecule has 0 aliphatic carbocycles. The van der Waals surface area contributed by atoms with E-state index in [1.54, 1.807) is 32.9 Å². The average molecular weight is 290 g/mol. The van der Waals surface area contributed by atoms with E-state index in [2.05, 4.69) is 5.32 Å². The third-order valence-electron chi connectivity index (χ3n) is 1.96. The van der Waals surface area contributed by atoms with E-state index in [-0.39, 0.29) is 6.42 Å². The van der Waals surface area contributed by atoms with Crippen LogP contribution >= 0.6 is 22.9 Å². The number of rotatable bonds is 4. The maximum atomic E-state index is 11.6. The number of thiophene rings is 1. The van der Waals surface area contributed by atoms with E-state index in [1.807, 2.05) is 0 Å². The molecule has 1 rings (SSSR count). The zero-order chi connectivity index (χ0) is 13.8. The van der Waals surface area contributed by atoms with E-state index in [1.165, 1.54) is 11.3 Å². The summed E-state index contributed by atoms with van der Waals surface area (Å²) in [5.41, 5.74) is -0.567. The highest BCUT2D eigenvalue weighted by Gasteiger charge is 2.21. The molecule has 0 radical (unpaired) electrons. The molecule has 0 bridgehead atoms. The second kappa shape index (κ2) is 6.20. The smallest absolute Gasteiger partial charge is 0.408 e. The maximum absolute atomic E-state index is 11.6. The minimum absolute atomic E-state index is 0.191. The van der Waals surface area contributed by atoms with Crippen molar-refractivity contribution in [2.45, 2.75) is 38.8 Å². The van der Waals surface area contributed by atoms with Gasteiger partial charge in [-0.05, 0) is 32.9 Å². The number of carbonyl (C=O) groups excluding carboxylic acids is 2. The van der Waals surface area contributed by atoms with E-state index >= 15 is 0 Å². The van der Waals surface area contributed by atoms with Crippen molar-refractivity contribution in [2.24, 2.45) is 0 Å². The highest BCUT2D eigenvalue weighted by atomic mass is 35.5. The predicted molar refractivity (Wildman–Crippen MR) is 72.1 cm³/mol. The predicted octanol–water partition coefficient (Wildman–Crippen LogP) is 3.56. The Balaban J connectivity index is 2.69. The SMILES string of the molecule is CC(C)(C)OC(=O)N[C@@H](CC=O)c1ccc(Cl)s1. The van der Waals surface area contributed by atoms with Crippen molar-refractivity contribution in [3.63, 3.8) is 0 Å². The fourth-order valence-corrected chi connectivity index (χ4v) is 2.43. The number of halogens is 1. The van der Waals surface area contributed by atoms with Gasteiger partial charge in [0.2, 0.25) is 0 Å². The van der Waals surface area contributed by atoms with Crippen molar-refractivity contribution in [1.29, 1.82) is 0 Å². The number of alkyl carbamates (subject to hydrolysis) is 1. The van der Waals surface area contributed by atoms with Crippen LogP contribution < -0.4 is 5.32 Å². The van der Waals surface area contributed by atoms with E-state index in [0.29, 0.717) is 4.34 Å². The molecule has 1 heterocycles. The van der Waals surface area contributed by atoms with Crippen molar-refractivity contribution in [2.75, 3.05) is 0 Å². The van der Waals surface area contributed by atoms with Crippen LogP contribution in [0.5, 0.6) is 0 Å². The third-order valence-corrected chi connectivity index (χ3v) is 3.31. The van der Waals surface area contributed by atoms with Gasteiger partial charge in [0.05, 0.1) is 10.4 Å². The first-order chi connectivity index (χ1) is 8.31. The van der Waals surface area contributed by atoms with E-state index in [0.717, 1.165) is 11.2 Å². The lowest BCUT2D eigenvalue weighted by Crippen LogP contribution is -2.34. The summed E-state index contributed by atoms with van der Waals surface area (Å²) in [6.45, 7) is 5.34. The first-order valence-corrected chi connectivity index (χ1v) is 6.69. The second-order valence-corrected chi connectivity index (χ2v) is 6.49. The lowest BCUT2D eigenvalue weighted by molar-refractivity contribution is -0.108. The number of amides is 1. The Morgan fingerprint density at radius 1 is 1.56 bits per heavy atom. The molecule has 6 heteroatoms. The van der Waals surface area contributed by atoms with Gasteiger partial charge in [0.15, 0.2) is 0 Å². The molecule has 1 aromatic heterocycles. The van der Waals surface area contributed by atoms with Crippen LogP contribution in [0.3, 0.4) is 0 Å². The van der Waals surface area contributed by atoms with Crippen molar-refractivity contribution >= 4 is 35.3 Å². The summed E-state index contributed by atoms with van der Waals surface area (Å²) in [5.74, 6) is 0. The standard InChI is InChI=1S/C12H16ClNO3S/c1-12(2,3)17-11(16)14-8(6-7-15)9-4-5-10(13)18-9/h4-5,7-8H,6H2,1-3H3,(H,14,16)/t8-/m0/s1. The van der Waals surface area contributed by atoms with Gasteiger partial charge in [-0.3, -0.25) is 0 Å². The number of hydrogen-bond acceptors (Lipinski definition) is 4. The van der Waals surface area contributed by atoms with Gasteiger partial charge in [-0.1, -0.05) is 11.6 Å². The number of aldehydes is 1. The largest absolute Gasteiger partial charge is 0.444 e. The summed E-state index contributed by atoms with van der Waals surface area (Å²) < 4.78 is 5.77. The molecule has 0 saturated heterocycles. The lowest BCUT2D eigenvalue weighted by atomic mass is 10.2.